The molecule has 0 spiro atoms. The van der Waals surface area contributed by atoms with Crippen LogP contribution in [-0.4, -0.2) is 20.9 Å². The number of carbonyl (C=O) groups is 1. The minimum atomic E-state index is 0.0807. The van der Waals surface area contributed by atoms with Crippen molar-refractivity contribution >= 4 is 40.4 Å². The molecule has 0 aliphatic carbocycles. The van der Waals surface area contributed by atoms with E-state index in [2.05, 4.69) is 0 Å². The van der Waals surface area contributed by atoms with Gasteiger partial charge in [-0.3, -0.25) is 7.91 Å². The van der Waals surface area contributed by atoms with E-state index in [4.69, 9.17) is 11.6 Å². The number of carbonyl (C=O) groups excluding carboxylic acids is 1. The Kier molecular flexibility index (Phi) is 3.40. The van der Waals surface area contributed by atoms with Gasteiger partial charge in [-0.25, -0.2) is 0 Å². The van der Waals surface area contributed by atoms with Gasteiger partial charge in [-0.2, -0.15) is 0 Å². The van der Waals surface area contributed by atoms with Crippen LogP contribution in [-0.2, 0) is 4.79 Å². The lowest BCUT2D eigenvalue weighted by molar-refractivity contribution is -0.121. The molecular weight excluding hydrogens is 288 g/mol. The summed E-state index contributed by atoms with van der Waals surface area (Å²) in [4.78, 5) is 11.5. The van der Waals surface area contributed by atoms with E-state index in [9.17, 15) is 4.79 Å². The van der Waals surface area contributed by atoms with E-state index >= 15 is 0 Å². The first-order valence-corrected chi connectivity index (χ1v) is 5.35. The molecule has 0 aromatic carbocycles. The van der Waals surface area contributed by atoms with E-state index in [0.717, 1.165) is 5.57 Å². The zero-order chi connectivity index (χ0) is 9.30. The number of rotatable bonds is 2. The zero-order valence-electron chi connectivity index (χ0n) is 7.05. The molecule has 2 nitrogen and oxygen atoms in total. The summed E-state index contributed by atoms with van der Waals surface area (Å²) in [5.74, 6) is 0.879. The summed E-state index contributed by atoms with van der Waals surface area (Å²) in [5, 5.41) is 0. The van der Waals surface area contributed by atoms with E-state index in [1.807, 2.05) is 42.8 Å². The summed E-state index contributed by atoms with van der Waals surface area (Å²) >= 11 is 7.71. The van der Waals surface area contributed by atoms with Crippen molar-refractivity contribution in [3.63, 3.8) is 0 Å². The molecule has 0 aromatic rings. The van der Waals surface area contributed by atoms with Crippen molar-refractivity contribution in [3.8, 4) is 0 Å². The molecule has 0 radical (unpaired) electrons. The van der Waals surface area contributed by atoms with Gasteiger partial charge < -0.3 is 0 Å². The minimum absolute atomic E-state index is 0.0807. The fourth-order valence-electron chi connectivity index (χ4n) is 1.16. The first-order chi connectivity index (χ1) is 5.57. The minimum Gasteiger partial charge on any atom is -0.273 e. The van der Waals surface area contributed by atoms with Gasteiger partial charge in [0.25, 0.3) is 5.91 Å². The van der Waals surface area contributed by atoms with Gasteiger partial charge in [-0.05, 0) is 5.92 Å². The van der Waals surface area contributed by atoms with Gasteiger partial charge in [0.05, 0.1) is 28.9 Å². The maximum Gasteiger partial charge on any atom is 0.259 e. The molecule has 0 fully saturated rings. The second kappa shape index (κ2) is 3.96. The van der Waals surface area contributed by atoms with Crippen LogP contribution < -0.4 is 0 Å². The molecule has 0 saturated carbocycles. The first-order valence-electron chi connectivity index (χ1n) is 3.85. The maximum absolute atomic E-state index is 11.5. The molecular formula is C8H11ClINO. The van der Waals surface area contributed by atoms with Crippen LogP contribution in [0.4, 0.5) is 0 Å². The predicted octanol–water partition coefficient (Wildman–Crippen LogP) is 2.37. The Hall–Kier alpha value is 0.230. The molecule has 1 aliphatic rings. The normalized spacial score (nSPS) is 23.8. The Morgan fingerprint density at radius 2 is 2.33 bits per heavy atom. The van der Waals surface area contributed by atoms with Crippen LogP contribution in [0.15, 0.2) is 11.6 Å². The topological polar surface area (TPSA) is 20.3 Å². The molecule has 0 N–H and O–H groups in total. The van der Waals surface area contributed by atoms with E-state index in [1.165, 1.54) is 0 Å². The molecule has 0 aromatic heterocycles. The van der Waals surface area contributed by atoms with Gasteiger partial charge in [-0.15, -0.1) is 11.6 Å². The zero-order valence-corrected chi connectivity index (χ0v) is 9.96. The van der Waals surface area contributed by atoms with Gasteiger partial charge in [0.1, 0.15) is 0 Å². The molecule has 1 unspecified atom stereocenters. The van der Waals surface area contributed by atoms with Crippen molar-refractivity contribution in [1.82, 2.24) is 3.11 Å². The van der Waals surface area contributed by atoms with Gasteiger partial charge in [-0.1, -0.05) is 19.9 Å². The highest BCUT2D eigenvalue weighted by Crippen LogP contribution is 2.27. The third-order valence-corrected chi connectivity index (χ3v) is 3.35. The number of amides is 1. The summed E-state index contributed by atoms with van der Waals surface area (Å²) in [5.41, 5.74) is 0.884. The fourth-order valence-corrected chi connectivity index (χ4v) is 2.26. The highest BCUT2D eigenvalue weighted by molar-refractivity contribution is 14.1. The van der Waals surface area contributed by atoms with Crippen molar-refractivity contribution in [2.24, 2.45) is 5.92 Å². The van der Waals surface area contributed by atoms with Gasteiger partial charge >= 0.3 is 0 Å². The molecule has 4 heteroatoms. The molecule has 0 saturated heterocycles. The quantitative estimate of drug-likeness (QED) is 0.435. The van der Waals surface area contributed by atoms with Crippen molar-refractivity contribution in [2.45, 2.75) is 19.9 Å². The van der Waals surface area contributed by atoms with Crippen LogP contribution >= 0.6 is 34.5 Å². The Bertz CT molecular complexity index is 227. The molecule has 1 heterocycles. The average Bonchev–Trinajstić information content (AvgIpc) is 2.30. The fraction of sp³-hybridized carbons (Fsp3) is 0.625. The molecule has 1 rings (SSSR count). The van der Waals surface area contributed by atoms with Gasteiger partial charge in [0.15, 0.2) is 0 Å². The van der Waals surface area contributed by atoms with Crippen LogP contribution in [0.2, 0.25) is 0 Å². The number of alkyl halides is 1. The number of halogens is 2. The number of nitrogens with zero attached hydrogens (tertiary/aromatic N) is 1. The summed E-state index contributed by atoms with van der Waals surface area (Å²) in [6.45, 7) is 4.04. The largest absolute Gasteiger partial charge is 0.273 e. The molecule has 1 amide bonds. The molecule has 12 heavy (non-hydrogen) atoms. The first kappa shape index (κ1) is 10.3. The van der Waals surface area contributed by atoms with Crippen LogP contribution in [0.3, 0.4) is 0 Å². The van der Waals surface area contributed by atoms with E-state index in [0.29, 0.717) is 11.8 Å². The van der Waals surface area contributed by atoms with E-state index < -0.39 is 0 Å². The van der Waals surface area contributed by atoms with Crippen LogP contribution in [0.5, 0.6) is 0 Å². The van der Waals surface area contributed by atoms with Crippen molar-refractivity contribution < 1.29 is 4.79 Å². The Balaban J connectivity index is 2.83. The second-order valence-electron chi connectivity index (χ2n) is 3.11. The predicted molar refractivity (Wildman–Crippen MR) is 58.3 cm³/mol. The monoisotopic (exact) mass is 299 g/mol. The van der Waals surface area contributed by atoms with Crippen LogP contribution in [0.25, 0.3) is 0 Å². The Labute approximate surface area is 91.4 Å². The number of hydrogen-bond donors (Lipinski definition) is 0. The maximum atomic E-state index is 11.5. The smallest absolute Gasteiger partial charge is 0.259 e. The van der Waals surface area contributed by atoms with Gasteiger partial charge in [0, 0.05) is 11.5 Å². The summed E-state index contributed by atoms with van der Waals surface area (Å²) in [6.07, 6.45) is 1.96. The van der Waals surface area contributed by atoms with Crippen molar-refractivity contribution in [3.05, 3.63) is 11.6 Å². The Morgan fingerprint density at radius 3 is 2.58 bits per heavy atom. The molecule has 0 bridgehead atoms. The Morgan fingerprint density at radius 1 is 1.75 bits per heavy atom. The van der Waals surface area contributed by atoms with E-state index in [1.54, 1.807) is 3.11 Å². The van der Waals surface area contributed by atoms with Crippen molar-refractivity contribution in [1.29, 1.82) is 0 Å². The van der Waals surface area contributed by atoms with Gasteiger partial charge in [0.2, 0.25) is 0 Å². The van der Waals surface area contributed by atoms with Crippen LogP contribution in [0.1, 0.15) is 13.8 Å². The molecule has 1 atom stereocenters. The highest BCUT2D eigenvalue weighted by atomic mass is 127. The lowest BCUT2D eigenvalue weighted by Gasteiger charge is -2.14. The highest BCUT2D eigenvalue weighted by Gasteiger charge is 2.31. The standard InChI is InChI=1S/C8H11ClINO/c1-5(2)7-3-6(4-9)11(10)8(7)12/h3,5-6H,4H2,1-2H3. The SMILES string of the molecule is CC(C)C1=CC(CCl)N(I)C1=O. The molecule has 1 aliphatic heterocycles. The van der Waals surface area contributed by atoms with E-state index in [-0.39, 0.29) is 11.9 Å². The number of hydrogen-bond acceptors (Lipinski definition) is 1. The summed E-state index contributed by atoms with van der Waals surface area (Å²) in [7, 11) is 0. The average molecular weight is 300 g/mol. The second-order valence-corrected chi connectivity index (χ2v) is 4.46. The lowest BCUT2D eigenvalue weighted by atomic mass is 10.0. The lowest BCUT2D eigenvalue weighted by Crippen LogP contribution is -2.26. The summed E-state index contributed by atoms with van der Waals surface area (Å²) < 4.78 is 1.67. The van der Waals surface area contributed by atoms with Crippen LogP contribution in [0, 0.1) is 5.92 Å². The third-order valence-electron chi connectivity index (χ3n) is 1.88. The summed E-state index contributed by atoms with van der Waals surface area (Å²) in [6, 6.07) is 0.0807. The third kappa shape index (κ3) is 1.76. The molecule has 68 valence electrons. The van der Waals surface area contributed by atoms with Crippen molar-refractivity contribution in [2.75, 3.05) is 5.88 Å².